The second-order valence-electron chi connectivity index (χ2n) is 10.2. The van der Waals surface area contributed by atoms with E-state index in [1.807, 2.05) is 18.7 Å². The smallest absolute Gasteiger partial charge is 0.261 e. The summed E-state index contributed by atoms with van der Waals surface area (Å²) in [6, 6.07) is 8.26. The zero-order valence-corrected chi connectivity index (χ0v) is 22.8. The van der Waals surface area contributed by atoms with Crippen LogP contribution in [0.15, 0.2) is 54.9 Å². The zero-order valence-electron chi connectivity index (χ0n) is 22.1. The molecule has 9 nitrogen and oxygen atoms in total. The number of likely N-dealkylation sites (tertiary alicyclic amines) is 1. The predicted molar refractivity (Wildman–Crippen MR) is 153 cm³/mol. The molecule has 0 radical (unpaired) electrons. The van der Waals surface area contributed by atoms with E-state index in [1.54, 1.807) is 30.3 Å². The van der Waals surface area contributed by atoms with E-state index in [0.717, 1.165) is 11.8 Å². The number of halogens is 2. The Morgan fingerprint density at radius 1 is 1.27 bits per heavy atom. The molecule has 1 amide bonds. The number of carbonyl (C=O) groups is 1. The van der Waals surface area contributed by atoms with E-state index in [2.05, 4.69) is 15.3 Å². The first kappa shape index (κ1) is 27.4. The van der Waals surface area contributed by atoms with Crippen molar-refractivity contribution in [2.45, 2.75) is 31.9 Å². The lowest BCUT2D eigenvalue weighted by Crippen LogP contribution is -2.56. The SMILES string of the molecule is Cc1c(NC2CN(C(=N)/C=C\C=N)C2)ncc2c1[C@@](C)(c1cccc(Cl)c1F)CN(c1ccc(CO)cn1)C2=O. The van der Waals surface area contributed by atoms with Crippen LogP contribution in [0.4, 0.5) is 16.0 Å². The highest BCUT2D eigenvalue weighted by molar-refractivity contribution is 6.30. The Labute approximate surface area is 236 Å². The normalized spacial score (nSPS) is 19.0. The number of allylic oxidation sites excluding steroid dienone is 1. The van der Waals surface area contributed by atoms with Crippen molar-refractivity contribution in [2.24, 2.45) is 0 Å². The molecule has 0 bridgehead atoms. The molecule has 1 atom stereocenters. The van der Waals surface area contributed by atoms with Gasteiger partial charge in [0.1, 0.15) is 23.3 Å². The van der Waals surface area contributed by atoms with E-state index in [4.69, 9.17) is 22.4 Å². The maximum Gasteiger partial charge on any atom is 0.261 e. The number of hydrogen-bond acceptors (Lipinski definition) is 7. The molecule has 0 spiro atoms. The summed E-state index contributed by atoms with van der Waals surface area (Å²) in [4.78, 5) is 26.2. The highest BCUT2D eigenvalue weighted by Gasteiger charge is 2.45. The standard InChI is InChI=1S/C29H29ClFN7O2/c1-17-25-20(12-35-27(17)36-19-13-37(14-19)23(33)7-4-10-32)28(40)38(24-9-8-18(15-39)11-34-24)16-29(25,2)21-5-3-6-22(30)26(21)31/h3-12,19,32-33,39H,13-16H2,1-2H3,(H,35,36)/b7-4-,32-10?,33-23?/t29-/m1/s1. The fourth-order valence-electron chi connectivity index (χ4n) is 5.45. The third-order valence-electron chi connectivity index (χ3n) is 7.55. The Bertz CT molecular complexity index is 1520. The van der Waals surface area contributed by atoms with Gasteiger partial charge in [0, 0.05) is 49.2 Å². The number of aromatic nitrogens is 2. The van der Waals surface area contributed by atoms with Crippen LogP contribution in [-0.2, 0) is 12.0 Å². The summed E-state index contributed by atoms with van der Waals surface area (Å²) in [5.41, 5.74) is 1.71. The fraction of sp³-hybridized carbons (Fsp3) is 0.276. The molecule has 4 N–H and O–H groups in total. The lowest BCUT2D eigenvalue weighted by molar-refractivity contribution is 0.0969. The summed E-state index contributed by atoms with van der Waals surface area (Å²) >= 11 is 6.22. The molecule has 2 aliphatic heterocycles. The van der Waals surface area contributed by atoms with Gasteiger partial charge in [-0.05, 0) is 54.8 Å². The number of hydrogen-bond donors (Lipinski definition) is 4. The molecule has 206 valence electrons. The van der Waals surface area contributed by atoms with Crippen LogP contribution in [0.1, 0.15) is 39.5 Å². The van der Waals surface area contributed by atoms with Gasteiger partial charge < -0.3 is 20.7 Å². The minimum Gasteiger partial charge on any atom is -0.392 e. The van der Waals surface area contributed by atoms with Gasteiger partial charge in [-0.1, -0.05) is 29.8 Å². The molecule has 40 heavy (non-hydrogen) atoms. The van der Waals surface area contributed by atoms with E-state index in [1.165, 1.54) is 29.4 Å². The second-order valence-corrected chi connectivity index (χ2v) is 10.6. The fourth-order valence-corrected chi connectivity index (χ4v) is 5.63. The van der Waals surface area contributed by atoms with Crippen LogP contribution < -0.4 is 10.2 Å². The molecule has 5 rings (SSSR count). The van der Waals surface area contributed by atoms with E-state index in [-0.39, 0.29) is 30.1 Å². The topological polar surface area (TPSA) is 129 Å². The largest absolute Gasteiger partial charge is 0.392 e. The van der Waals surface area contributed by atoms with E-state index in [0.29, 0.717) is 52.8 Å². The molecule has 1 aromatic carbocycles. The summed E-state index contributed by atoms with van der Waals surface area (Å²) in [5.74, 6) is 0.447. The summed E-state index contributed by atoms with van der Waals surface area (Å²) < 4.78 is 15.6. The van der Waals surface area contributed by atoms with Crippen molar-refractivity contribution in [2.75, 3.05) is 29.9 Å². The molecule has 2 aromatic heterocycles. The van der Waals surface area contributed by atoms with Gasteiger partial charge >= 0.3 is 0 Å². The number of benzene rings is 1. The maximum absolute atomic E-state index is 15.6. The van der Waals surface area contributed by atoms with Crippen molar-refractivity contribution in [1.82, 2.24) is 14.9 Å². The van der Waals surface area contributed by atoms with Crippen molar-refractivity contribution in [1.29, 1.82) is 10.8 Å². The Morgan fingerprint density at radius 3 is 2.73 bits per heavy atom. The first-order chi connectivity index (χ1) is 19.2. The highest BCUT2D eigenvalue weighted by atomic mass is 35.5. The molecule has 3 aromatic rings. The second kappa shape index (κ2) is 10.8. The lowest BCUT2D eigenvalue weighted by Gasteiger charge is -2.44. The third kappa shape index (κ3) is 4.73. The van der Waals surface area contributed by atoms with Crippen molar-refractivity contribution >= 4 is 41.2 Å². The summed E-state index contributed by atoms with van der Waals surface area (Å²) in [7, 11) is 0. The molecule has 0 aliphatic carbocycles. The summed E-state index contributed by atoms with van der Waals surface area (Å²) in [6.45, 7) is 4.87. The van der Waals surface area contributed by atoms with Crippen LogP contribution in [0.2, 0.25) is 5.02 Å². The molecule has 1 saturated heterocycles. The zero-order chi connectivity index (χ0) is 28.6. The summed E-state index contributed by atoms with van der Waals surface area (Å²) in [5, 5.41) is 28.0. The summed E-state index contributed by atoms with van der Waals surface area (Å²) in [6.07, 6.45) is 7.24. The Balaban J connectivity index is 1.54. The molecule has 0 unspecified atom stereocenters. The number of nitrogens with zero attached hydrogens (tertiary/aromatic N) is 4. The number of anilines is 2. The molecule has 2 aliphatic rings. The Kier molecular flexibility index (Phi) is 7.39. The molecule has 4 heterocycles. The number of rotatable bonds is 7. The van der Waals surface area contributed by atoms with Gasteiger partial charge in [0.25, 0.3) is 5.91 Å². The molecule has 1 fully saturated rings. The van der Waals surface area contributed by atoms with Crippen molar-refractivity contribution in [3.8, 4) is 0 Å². The molecular weight excluding hydrogens is 533 g/mol. The quantitative estimate of drug-likeness (QED) is 0.251. The van der Waals surface area contributed by atoms with Crippen LogP contribution in [0.25, 0.3) is 0 Å². The monoisotopic (exact) mass is 561 g/mol. The van der Waals surface area contributed by atoms with Gasteiger partial charge in [-0.15, -0.1) is 0 Å². The van der Waals surface area contributed by atoms with Crippen molar-refractivity contribution < 1.29 is 14.3 Å². The minimum absolute atomic E-state index is 0.00622. The minimum atomic E-state index is -0.996. The first-order valence-corrected chi connectivity index (χ1v) is 13.1. The Morgan fingerprint density at radius 2 is 2.05 bits per heavy atom. The predicted octanol–water partition coefficient (Wildman–Crippen LogP) is 4.32. The number of amidine groups is 1. The van der Waals surface area contributed by atoms with Gasteiger partial charge in [0.15, 0.2) is 0 Å². The number of nitrogens with one attached hydrogen (secondary N) is 3. The van der Waals surface area contributed by atoms with Crippen molar-refractivity contribution in [3.05, 3.63) is 93.5 Å². The third-order valence-corrected chi connectivity index (χ3v) is 7.84. The average Bonchev–Trinajstić information content (AvgIpc) is 2.93. The number of aliphatic hydroxyl groups is 1. The first-order valence-electron chi connectivity index (χ1n) is 12.8. The molecule has 0 saturated carbocycles. The van der Waals surface area contributed by atoms with Gasteiger partial charge in [-0.2, -0.15) is 0 Å². The van der Waals surface area contributed by atoms with Crippen LogP contribution >= 0.6 is 11.6 Å². The number of fused-ring (bicyclic) bond motifs is 1. The van der Waals surface area contributed by atoms with E-state index in [9.17, 15) is 9.90 Å². The molecular formula is C29H29ClFN7O2. The van der Waals surface area contributed by atoms with E-state index < -0.39 is 11.2 Å². The van der Waals surface area contributed by atoms with Crippen molar-refractivity contribution in [3.63, 3.8) is 0 Å². The highest BCUT2D eigenvalue weighted by Crippen LogP contribution is 2.45. The number of carbonyl (C=O) groups excluding carboxylic acids is 1. The van der Waals surface area contributed by atoms with E-state index >= 15 is 4.39 Å². The molecule has 11 heteroatoms. The van der Waals surface area contributed by atoms with Crippen LogP contribution in [-0.4, -0.2) is 63.6 Å². The number of aliphatic hydroxyl groups excluding tert-OH is 1. The van der Waals surface area contributed by atoms with Crippen LogP contribution in [0.3, 0.4) is 0 Å². The van der Waals surface area contributed by atoms with Crippen LogP contribution in [0.5, 0.6) is 0 Å². The number of amides is 1. The maximum atomic E-state index is 15.6. The van der Waals surface area contributed by atoms with Crippen LogP contribution in [0, 0.1) is 23.6 Å². The van der Waals surface area contributed by atoms with Gasteiger partial charge in [0.05, 0.1) is 23.2 Å². The van der Waals surface area contributed by atoms with Gasteiger partial charge in [-0.25, -0.2) is 14.4 Å². The van der Waals surface area contributed by atoms with Gasteiger partial charge in [0.2, 0.25) is 0 Å². The van der Waals surface area contributed by atoms with Gasteiger partial charge in [-0.3, -0.25) is 15.1 Å². The average molecular weight is 562 g/mol. The lowest BCUT2D eigenvalue weighted by atomic mass is 9.70. The Hall–Kier alpha value is -4.15. The number of pyridine rings is 2.